The van der Waals surface area contributed by atoms with Gasteiger partial charge in [-0.3, -0.25) is 0 Å². The van der Waals surface area contributed by atoms with Crippen molar-refractivity contribution in [1.29, 1.82) is 0 Å². The standard InChI is InChI=1S/C13H21NO2/c1-11-6-3-4-7-13(11)16-9-5-8-14-10-12(2)15/h3-4,6-7,12,14-15H,5,8-10H2,1-2H3. The summed E-state index contributed by atoms with van der Waals surface area (Å²) in [7, 11) is 0. The van der Waals surface area contributed by atoms with Gasteiger partial charge in [0.1, 0.15) is 5.75 Å². The summed E-state index contributed by atoms with van der Waals surface area (Å²) in [5, 5.41) is 12.2. The normalized spacial score (nSPS) is 12.4. The molecule has 3 nitrogen and oxygen atoms in total. The van der Waals surface area contributed by atoms with Gasteiger partial charge in [-0.05, 0) is 38.4 Å². The molecule has 0 saturated carbocycles. The summed E-state index contributed by atoms with van der Waals surface area (Å²) in [4.78, 5) is 0. The molecule has 1 unspecified atom stereocenters. The monoisotopic (exact) mass is 223 g/mol. The number of para-hydroxylation sites is 1. The molecule has 16 heavy (non-hydrogen) atoms. The van der Waals surface area contributed by atoms with Crippen LogP contribution in [0.2, 0.25) is 0 Å². The van der Waals surface area contributed by atoms with E-state index in [9.17, 15) is 0 Å². The molecule has 1 aromatic carbocycles. The second-order valence-electron chi connectivity index (χ2n) is 4.02. The van der Waals surface area contributed by atoms with Crippen molar-refractivity contribution >= 4 is 0 Å². The second kappa shape index (κ2) is 7.25. The zero-order valence-electron chi connectivity index (χ0n) is 10.1. The van der Waals surface area contributed by atoms with Crippen LogP contribution in [-0.4, -0.2) is 30.9 Å². The minimum absolute atomic E-state index is 0.280. The third kappa shape index (κ3) is 5.14. The van der Waals surface area contributed by atoms with Crippen molar-refractivity contribution in [1.82, 2.24) is 5.32 Å². The number of aliphatic hydroxyl groups is 1. The van der Waals surface area contributed by atoms with Crippen LogP contribution in [0.3, 0.4) is 0 Å². The second-order valence-corrected chi connectivity index (χ2v) is 4.02. The molecule has 0 fully saturated rings. The molecule has 0 spiro atoms. The van der Waals surface area contributed by atoms with E-state index in [-0.39, 0.29) is 6.10 Å². The van der Waals surface area contributed by atoms with Crippen molar-refractivity contribution in [2.24, 2.45) is 0 Å². The maximum absolute atomic E-state index is 9.03. The Morgan fingerprint density at radius 2 is 2.12 bits per heavy atom. The van der Waals surface area contributed by atoms with E-state index in [0.29, 0.717) is 13.2 Å². The lowest BCUT2D eigenvalue weighted by atomic mass is 10.2. The first-order valence-corrected chi connectivity index (χ1v) is 5.77. The number of benzene rings is 1. The Labute approximate surface area is 97.4 Å². The highest BCUT2D eigenvalue weighted by molar-refractivity contribution is 5.31. The molecule has 0 aliphatic carbocycles. The van der Waals surface area contributed by atoms with Gasteiger partial charge < -0.3 is 15.2 Å². The van der Waals surface area contributed by atoms with Gasteiger partial charge in [-0.1, -0.05) is 18.2 Å². The lowest BCUT2D eigenvalue weighted by molar-refractivity contribution is 0.190. The minimum atomic E-state index is -0.280. The molecule has 1 rings (SSSR count). The average molecular weight is 223 g/mol. The lowest BCUT2D eigenvalue weighted by Gasteiger charge is -2.09. The van der Waals surface area contributed by atoms with Crippen LogP contribution in [0.1, 0.15) is 18.9 Å². The molecule has 0 aromatic heterocycles. The molecule has 1 atom stereocenters. The molecule has 0 radical (unpaired) electrons. The lowest BCUT2D eigenvalue weighted by Crippen LogP contribution is -2.26. The predicted molar refractivity (Wildman–Crippen MR) is 65.8 cm³/mol. The molecular weight excluding hydrogens is 202 g/mol. The summed E-state index contributed by atoms with van der Waals surface area (Å²) in [5.41, 5.74) is 1.17. The molecule has 1 aromatic rings. The van der Waals surface area contributed by atoms with Crippen LogP contribution in [0.15, 0.2) is 24.3 Å². The van der Waals surface area contributed by atoms with Gasteiger partial charge in [0.25, 0.3) is 0 Å². The Hall–Kier alpha value is -1.06. The number of nitrogens with one attached hydrogen (secondary N) is 1. The first-order chi connectivity index (χ1) is 7.70. The van der Waals surface area contributed by atoms with Gasteiger partial charge in [-0.15, -0.1) is 0 Å². The zero-order valence-corrected chi connectivity index (χ0v) is 10.1. The summed E-state index contributed by atoms with van der Waals surface area (Å²) in [6.45, 7) is 6.04. The van der Waals surface area contributed by atoms with E-state index in [1.54, 1.807) is 6.92 Å². The quantitative estimate of drug-likeness (QED) is 0.692. The maximum atomic E-state index is 9.03. The third-order valence-corrected chi connectivity index (χ3v) is 2.29. The van der Waals surface area contributed by atoms with Gasteiger partial charge in [0.05, 0.1) is 12.7 Å². The number of aryl methyl sites for hydroxylation is 1. The Kier molecular flexibility index (Phi) is 5.90. The smallest absolute Gasteiger partial charge is 0.122 e. The Morgan fingerprint density at radius 1 is 1.38 bits per heavy atom. The number of hydrogen-bond acceptors (Lipinski definition) is 3. The largest absolute Gasteiger partial charge is 0.493 e. The Morgan fingerprint density at radius 3 is 2.81 bits per heavy atom. The first-order valence-electron chi connectivity index (χ1n) is 5.77. The fourth-order valence-corrected chi connectivity index (χ4v) is 1.41. The summed E-state index contributed by atoms with van der Waals surface area (Å²) < 4.78 is 5.64. The minimum Gasteiger partial charge on any atom is -0.493 e. The maximum Gasteiger partial charge on any atom is 0.122 e. The van der Waals surface area contributed by atoms with E-state index in [4.69, 9.17) is 9.84 Å². The van der Waals surface area contributed by atoms with E-state index < -0.39 is 0 Å². The van der Waals surface area contributed by atoms with Crippen molar-refractivity contribution < 1.29 is 9.84 Å². The van der Waals surface area contributed by atoms with Crippen molar-refractivity contribution in [3.8, 4) is 5.75 Å². The number of aliphatic hydroxyl groups excluding tert-OH is 1. The van der Waals surface area contributed by atoms with Crippen LogP contribution in [0.4, 0.5) is 0 Å². The predicted octanol–water partition coefficient (Wildman–Crippen LogP) is 1.73. The van der Waals surface area contributed by atoms with E-state index in [0.717, 1.165) is 18.7 Å². The first kappa shape index (κ1) is 13.0. The molecule has 2 N–H and O–H groups in total. The van der Waals surface area contributed by atoms with Gasteiger partial charge in [-0.25, -0.2) is 0 Å². The van der Waals surface area contributed by atoms with Crippen molar-refractivity contribution in [3.63, 3.8) is 0 Å². The Bertz CT molecular complexity index is 300. The Balaban J connectivity index is 2.10. The molecule has 0 saturated heterocycles. The molecule has 0 aliphatic heterocycles. The summed E-state index contributed by atoms with van der Waals surface area (Å²) in [5.74, 6) is 0.957. The van der Waals surface area contributed by atoms with Crippen LogP contribution in [0.5, 0.6) is 5.75 Å². The van der Waals surface area contributed by atoms with Crippen LogP contribution in [0, 0.1) is 6.92 Å². The average Bonchev–Trinajstić information content (AvgIpc) is 2.25. The fraction of sp³-hybridized carbons (Fsp3) is 0.538. The highest BCUT2D eigenvalue weighted by atomic mass is 16.5. The van der Waals surface area contributed by atoms with Crippen molar-refractivity contribution in [2.75, 3.05) is 19.7 Å². The molecule has 3 heteroatoms. The number of rotatable bonds is 7. The molecule has 90 valence electrons. The van der Waals surface area contributed by atoms with Crippen LogP contribution in [-0.2, 0) is 0 Å². The van der Waals surface area contributed by atoms with Crippen molar-refractivity contribution in [2.45, 2.75) is 26.4 Å². The van der Waals surface area contributed by atoms with Gasteiger partial charge in [0, 0.05) is 6.54 Å². The van der Waals surface area contributed by atoms with Crippen LogP contribution in [0.25, 0.3) is 0 Å². The van der Waals surface area contributed by atoms with Gasteiger partial charge >= 0.3 is 0 Å². The van der Waals surface area contributed by atoms with E-state index >= 15 is 0 Å². The topological polar surface area (TPSA) is 41.5 Å². The highest BCUT2D eigenvalue weighted by Gasteiger charge is 1.97. The highest BCUT2D eigenvalue weighted by Crippen LogP contribution is 2.15. The summed E-state index contributed by atoms with van der Waals surface area (Å²) in [6, 6.07) is 8.01. The molecule has 0 aliphatic rings. The van der Waals surface area contributed by atoms with E-state index in [1.807, 2.05) is 31.2 Å². The summed E-state index contributed by atoms with van der Waals surface area (Å²) >= 11 is 0. The van der Waals surface area contributed by atoms with Gasteiger partial charge in [-0.2, -0.15) is 0 Å². The molecular formula is C13H21NO2. The summed E-state index contributed by atoms with van der Waals surface area (Å²) in [6.07, 6.45) is 0.665. The number of ether oxygens (including phenoxy) is 1. The number of hydrogen-bond donors (Lipinski definition) is 2. The van der Waals surface area contributed by atoms with E-state index in [1.165, 1.54) is 5.56 Å². The van der Waals surface area contributed by atoms with Crippen molar-refractivity contribution in [3.05, 3.63) is 29.8 Å². The fourth-order valence-electron chi connectivity index (χ4n) is 1.41. The van der Waals surface area contributed by atoms with Crippen LogP contribution >= 0.6 is 0 Å². The zero-order chi connectivity index (χ0) is 11.8. The SMILES string of the molecule is Cc1ccccc1OCCCNCC(C)O. The van der Waals surface area contributed by atoms with Gasteiger partial charge in [0.2, 0.25) is 0 Å². The molecule has 0 bridgehead atoms. The third-order valence-electron chi connectivity index (χ3n) is 2.29. The van der Waals surface area contributed by atoms with Crippen LogP contribution < -0.4 is 10.1 Å². The molecule has 0 heterocycles. The molecule has 0 amide bonds. The van der Waals surface area contributed by atoms with E-state index in [2.05, 4.69) is 5.32 Å². The van der Waals surface area contributed by atoms with Gasteiger partial charge in [0.15, 0.2) is 0 Å².